The minimum Gasteiger partial charge on any atom is -0.310 e. The van der Waals surface area contributed by atoms with Crippen LogP contribution in [0.5, 0.6) is 0 Å². The summed E-state index contributed by atoms with van der Waals surface area (Å²) in [6.07, 6.45) is 0. The van der Waals surface area contributed by atoms with E-state index in [1.54, 1.807) is 0 Å². The molecule has 0 saturated heterocycles. The second-order valence-corrected chi connectivity index (χ2v) is 18.3. The Morgan fingerprint density at radius 3 is 1.69 bits per heavy atom. The van der Waals surface area contributed by atoms with Crippen molar-refractivity contribution in [2.75, 3.05) is 4.90 Å². The molecule has 0 N–H and O–H groups in total. The van der Waals surface area contributed by atoms with Gasteiger partial charge in [0.25, 0.3) is 0 Å². The molecular weight excluding hydrogens is 793 g/mol. The van der Waals surface area contributed by atoms with Crippen molar-refractivity contribution in [1.29, 1.82) is 0 Å². The summed E-state index contributed by atoms with van der Waals surface area (Å²) in [4.78, 5) is 2.51. The van der Waals surface area contributed by atoms with Gasteiger partial charge in [-0.15, -0.1) is 11.3 Å². The van der Waals surface area contributed by atoms with Crippen LogP contribution in [0.3, 0.4) is 0 Å². The van der Waals surface area contributed by atoms with Crippen LogP contribution in [0.4, 0.5) is 17.1 Å². The maximum Gasteiger partial charge on any atom is 0.0726 e. The summed E-state index contributed by atoms with van der Waals surface area (Å²) in [6, 6.07) is 85.8. The Kier molecular flexibility index (Phi) is 7.51. The van der Waals surface area contributed by atoms with Gasteiger partial charge in [-0.3, -0.25) is 0 Å². The van der Waals surface area contributed by atoms with Crippen molar-refractivity contribution < 1.29 is 0 Å². The smallest absolute Gasteiger partial charge is 0.0726 e. The first-order chi connectivity index (χ1) is 31.8. The minimum absolute atomic E-state index is 0.446. The third-order valence-electron chi connectivity index (χ3n) is 14.0. The minimum atomic E-state index is -0.446. The fourth-order valence-corrected chi connectivity index (χ4v) is 12.5. The van der Waals surface area contributed by atoms with E-state index in [1.807, 2.05) is 11.3 Å². The molecule has 10 aromatic carbocycles. The molecule has 2 heterocycles. The van der Waals surface area contributed by atoms with Crippen molar-refractivity contribution in [3.63, 3.8) is 0 Å². The average molecular weight is 831 g/mol. The van der Waals surface area contributed by atoms with Crippen molar-refractivity contribution in [3.05, 3.63) is 253 Å². The molecule has 1 spiro atoms. The van der Waals surface area contributed by atoms with Crippen molar-refractivity contribution in [2.24, 2.45) is 0 Å². The van der Waals surface area contributed by atoms with E-state index >= 15 is 0 Å². The van der Waals surface area contributed by atoms with E-state index in [-0.39, 0.29) is 0 Å². The van der Waals surface area contributed by atoms with Crippen molar-refractivity contribution in [3.8, 4) is 39.1 Å². The maximum atomic E-state index is 2.51. The number of anilines is 3. The van der Waals surface area contributed by atoms with Crippen molar-refractivity contribution in [1.82, 2.24) is 4.57 Å². The van der Waals surface area contributed by atoms with E-state index in [0.29, 0.717) is 0 Å². The molecule has 0 bridgehead atoms. The first kappa shape index (κ1) is 35.6. The number of rotatable bonds is 5. The Morgan fingerprint density at radius 1 is 0.359 bits per heavy atom. The van der Waals surface area contributed by atoms with E-state index in [0.717, 1.165) is 22.7 Å². The van der Waals surface area contributed by atoms with Crippen LogP contribution in [-0.2, 0) is 5.41 Å². The van der Waals surface area contributed by atoms with Gasteiger partial charge in [0.15, 0.2) is 0 Å². The van der Waals surface area contributed by atoms with Gasteiger partial charge in [-0.25, -0.2) is 0 Å². The van der Waals surface area contributed by atoms with Gasteiger partial charge < -0.3 is 9.47 Å². The molecule has 2 aromatic heterocycles. The van der Waals surface area contributed by atoms with Crippen molar-refractivity contribution >= 4 is 70.4 Å². The van der Waals surface area contributed by atoms with Crippen LogP contribution >= 0.6 is 11.3 Å². The molecule has 0 fully saturated rings. The van der Waals surface area contributed by atoms with Crippen LogP contribution in [0.2, 0.25) is 0 Å². The Hall–Kier alpha value is -7.98. The molecule has 0 amide bonds. The highest BCUT2D eigenvalue weighted by Gasteiger charge is 2.52. The molecule has 2 nitrogen and oxygen atoms in total. The van der Waals surface area contributed by atoms with Gasteiger partial charge in [-0.2, -0.15) is 0 Å². The molecule has 0 atom stereocenters. The molecule has 2 aliphatic rings. The highest BCUT2D eigenvalue weighted by atomic mass is 32.1. The highest BCUT2D eigenvalue weighted by Crippen LogP contribution is 2.64. The Bertz CT molecular complexity index is 3790. The van der Waals surface area contributed by atoms with Gasteiger partial charge in [0.2, 0.25) is 0 Å². The second-order valence-electron chi connectivity index (χ2n) is 17.2. The number of fused-ring (bicyclic) bond motifs is 16. The number of aromatic nitrogens is 1. The monoisotopic (exact) mass is 830 g/mol. The normalized spacial score (nSPS) is 13.1. The maximum absolute atomic E-state index is 2.51. The molecule has 0 unspecified atom stereocenters. The first-order valence-electron chi connectivity index (χ1n) is 22.1. The zero-order valence-electron chi connectivity index (χ0n) is 34.7. The molecule has 298 valence electrons. The fraction of sp³-hybridized carbons (Fsp3) is 0.0164. The van der Waals surface area contributed by atoms with E-state index in [2.05, 4.69) is 240 Å². The van der Waals surface area contributed by atoms with E-state index in [1.165, 1.54) is 97.6 Å². The summed E-state index contributed by atoms with van der Waals surface area (Å²) in [7, 11) is 0. The molecule has 0 aliphatic heterocycles. The van der Waals surface area contributed by atoms with Gasteiger partial charge >= 0.3 is 0 Å². The zero-order valence-corrected chi connectivity index (χ0v) is 35.6. The number of hydrogen-bond acceptors (Lipinski definition) is 2. The zero-order chi connectivity index (χ0) is 41.9. The van der Waals surface area contributed by atoms with Crippen LogP contribution in [-0.4, -0.2) is 4.57 Å². The summed E-state index contributed by atoms with van der Waals surface area (Å²) < 4.78 is 5.11. The van der Waals surface area contributed by atoms with E-state index in [4.69, 9.17) is 0 Å². The van der Waals surface area contributed by atoms with Gasteiger partial charge in [-0.1, -0.05) is 170 Å². The number of nitrogens with zero attached hydrogens (tertiary/aromatic N) is 2. The predicted octanol–water partition coefficient (Wildman–Crippen LogP) is 16.6. The largest absolute Gasteiger partial charge is 0.310 e. The highest BCUT2D eigenvalue weighted by molar-refractivity contribution is 7.25. The number of benzene rings is 10. The number of para-hydroxylation sites is 1. The lowest BCUT2D eigenvalue weighted by Gasteiger charge is -2.32. The Labute approximate surface area is 375 Å². The van der Waals surface area contributed by atoms with Crippen LogP contribution in [0.25, 0.3) is 81.0 Å². The lowest BCUT2D eigenvalue weighted by molar-refractivity contribution is 0.794. The molecule has 64 heavy (non-hydrogen) atoms. The van der Waals surface area contributed by atoms with Gasteiger partial charge in [0, 0.05) is 53.6 Å². The Morgan fingerprint density at radius 2 is 0.938 bits per heavy atom. The third kappa shape index (κ3) is 4.85. The molecule has 0 saturated carbocycles. The third-order valence-corrected chi connectivity index (χ3v) is 15.1. The first-order valence-corrected chi connectivity index (χ1v) is 22.9. The molecule has 12 aromatic rings. The van der Waals surface area contributed by atoms with E-state index in [9.17, 15) is 0 Å². The standard InChI is InChI=1S/C61H38N2S/c1-3-16-39(17-4-1)40-30-32-42(33-31-40)62(55-28-15-27-54-60(55)48-23-9-13-26-53(48)61(54)51-24-11-7-20-44(51)45-21-8-12-25-52(45)61)43-34-35-46-49-38-59-50(47-22-10-14-29-58(47)64-59)37-57(49)63(56(46)36-43)41-18-5-2-6-19-41/h1-38H. The summed E-state index contributed by atoms with van der Waals surface area (Å²) in [5.74, 6) is 0. The lowest BCUT2D eigenvalue weighted by atomic mass is 9.70. The quantitative estimate of drug-likeness (QED) is 0.168. The topological polar surface area (TPSA) is 8.17 Å². The van der Waals surface area contributed by atoms with Crippen molar-refractivity contribution in [2.45, 2.75) is 5.41 Å². The summed E-state index contributed by atoms with van der Waals surface area (Å²) >= 11 is 1.88. The van der Waals surface area contributed by atoms with E-state index < -0.39 is 5.41 Å². The van der Waals surface area contributed by atoms with Gasteiger partial charge in [-0.05, 0) is 111 Å². The number of hydrogen-bond donors (Lipinski definition) is 0. The predicted molar refractivity (Wildman–Crippen MR) is 270 cm³/mol. The summed E-state index contributed by atoms with van der Waals surface area (Å²) in [5, 5.41) is 5.11. The molecule has 0 radical (unpaired) electrons. The molecule has 2 aliphatic carbocycles. The molecule has 3 heteroatoms. The molecule has 14 rings (SSSR count). The fourth-order valence-electron chi connectivity index (χ4n) is 11.4. The van der Waals surface area contributed by atoms with Gasteiger partial charge in [0.1, 0.15) is 0 Å². The van der Waals surface area contributed by atoms with Crippen LogP contribution in [0, 0.1) is 0 Å². The average Bonchev–Trinajstić information content (AvgIpc) is 4.07. The van der Waals surface area contributed by atoms with Crippen LogP contribution in [0.1, 0.15) is 22.3 Å². The Balaban J connectivity index is 1.06. The summed E-state index contributed by atoms with van der Waals surface area (Å²) in [5.41, 5.74) is 19.4. The van der Waals surface area contributed by atoms with Crippen LogP contribution < -0.4 is 4.90 Å². The summed E-state index contributed by atoms with van der Waals surface area (Å²) in [6.45, 7) is 0. The SMILES string of the molecule is c1ccc(-c2ccc(N(c3ccc4c5cc6sc7ccccc7c6cc5n(-c5ccccc5)c4c3)c3cccc4c3-c3ccccc3C43c4ccccc4-c4ccccc43)cc2)cc1. The van der Waals surface area contributed by atoms with Crippen LogP contribution in [0.15, 0.2) is 231 Å². The van der Waals surface area contributed by atoms with Gasteiger partial charge in [0.05, 0.1) is 22.1 Å². The molecular formula is C61H38N2S. The number of thiophene rings is 1. The lowest BCUT2D eigenvalue weighted by Crippen LogP contribution is -2.26. The second kappa shape index (κ2) is 13.5.